The van der Waals surface area contributed by atoms with Crippen molar-refractivity contribution < 1.29 is 9.18 Å². The Kier molecular flexibility index (Phi) is 5.79. The van der Waals surface area contributed by atoms with E-state index < -0.39 is 0 Å². The van der Waals surface area contributed by atoms with Gasteiger partial charge in [-0.3, -0.25) is 4.79 Å². The van der Waals surface area contributed by atoms with Crippen molar-refractivity contribution in [2.75, 3.05) is 10.6 Å². The van der Waals surface area contributed by atoms with Crippen LogP contribution in [-0.4, -0.2) is 21.9 Å². The number of benzene rings is 2. The van der Waals surface area contributed by atoms with Gasteiger partial charge in [-0.2, -0.15) is 0 Å². The molecule has 1 heterocycles. The molecule has 0 spiro atoms. The van der Waals surface area contributed by atoms with Gasteiger partial charge in [0.2, 0.25) is 0 Å². The molecule has 148 valence electrons. The zero-order chi connectivity index (χ0) is 20.1. The predicted octanol–water partition coefficient (Wildman–Crippen LogP) is 5.28. The van der Waals surface area contributed by atoms with Crippen LogP contribution in [0.2, 0.25) is 0 Å². The molecule has 0 bridgehead atoms. The first kappa shape index (κ1) is 19.1. The standard InChI is InChI=1S/C23H23FN4O/c24-18-10-12-20(13-11-18)28-23(29)17-8-6-16(7-9-17)21-14-22(26-15-25-21)27-19-4-2-1-3-5-19/h6-15,19H,1-5H2,(H,28,29)(H,25,26,27). The maximum Gasteiger partial charge on any atom is 0.255 e. The van der Waals surface area contributed by atoms with Crippen molar-refractivity contribution in [2.24, 2.45) is 0 Å². The quantitative estimate of drug-likeness (QED) is 0.622. The van der Waals surface area contributed by atoms with Gasteiger partial charge in [-0.15, -0.1) is 0 Å². The Morgan fingerprint density at radius 3 is 2.38 bits per heavy atom. The van der Waals surface area contributed by atoms with E-state index in [0.717, 1.165) is 17.1 Å². The molecule has 1 amide bonds. The molecule has 0 unspecified atom stereocenters. The summed E-state index contributed by atoms with van der Waals surface area (Å²) in [6, 6.07) is 15.4. The first-order valence-electron chi connectivity index (χ1n) is 9.93. The highest BCUT2D eigenvalue weighted by atomic mass is 19.1. The van der Waals surface area contributed by atoms with Gasteiger partial charge in [-0.05, 0) is 49.2 Å². The summed E-state index contributed by atoms with van der Waals surface area (Å²) in [5.74, 6) is 0.250. The second kappa shape index (κ2) is 8.82. The summed E-state index contributed by atoms with van der Waals surface area (Å²) in [5.41, 5.74) is 2.80. The van der Waals surface area contributed by atoms with Crippen LogP contribution >= 0.6 is 0 Å². The molecule has 5 nitrogen and oxygen atoms in total. The van der Waals surface area contributed by atoms with Gasteiger partial charge in [-0.1, -0.05) is 31.4 Å². The fraction of sp³-hybridized carbons (Fsp3) is 0.261. The predicted molar refractivity (Wildman–Crippen MR) is 112 cm³/mol. The Morgan fingerprint density at radius 2 is 1.66 bits per heavy atom. The summed E-state index contributed by atoms with van der Waals surface area (Å²) >= 11 is 0. The van der Waals surface area contributed by atoms with E-state index in [0.29, 0.717) is 17.3 Å². The molecule has 2 aromatic carbocycles. The Morgan fingerprint density at radius 1 is 0.931 bits per heavy atom. The minimum Gasteiger partial charge on any atom is -0.367 e. The van der Waals surface area contributed by atoms with Crippen molar-refractivity contribution in [1.82, 2.24) is 9.97 Å². The number of hydrogen-bond donors (Lipinski definition) is 2. The lowest BCUT2D eigenvalue weighted by Gasteiger charge is -2.23. The first-order chi connectivity index (χ1) is 14.2. The Hall–Kier alpha value is -3.28. The second-order valence-corrected chi connectivity index (χ2v) is 7.31. The largest absolute Gasteiger partial charge is 0.367 e. The van der Waals surface area contributed by atoms with E-state index in [-0.39, 0.29) is 11.7 Å². The minimum absolute atomic E-state index is 0.245. The topological polar surface area (TPSA) is 66.9 Å². The molecule has 4 rings (SSSR count). The van der Waals surface area contributed by atoms with E-state index in [1.54, 1.807) is 18.5 Å². The molecule has 29 heavy (non-hydrogen) atoms. The van der Waals surface area contributed by atoms with Gasteiger partial charge in [0.15, 0.2) is 0 Å². The number of nitrogens with zero attached hydrogens (tertiary/aromatic N) is 2. The van der Waals surface area contributed by atoms with Crippen LogP contribution in [0.4, 0.5) is 15.9 Å². The van der Waals surface area contributed by atoms with Crippen molar-refractivity contribution in [2.45, 2.75) is 38.1 Å². The Labute approximate surface area is 169 Å². The third-order valence-corrected chi connectivity index (χ3v) is 5.17. The molecule has 3 aromatic rings. The van der Waals surface area contributed by atoms with Crippen molar-refractivity contribution in [3.05, 3.63) is 72.3 Å². The molecule has 0 atom stereocenters. The average Bonchev–Trinajstić information content (AvgIpc) is 2.76. The van der Waals surface area contributed by atoms with Gasteiger partial charge in [0.1, 0.15) is 18.0 Å². The van der Waals surface area contributed by atoms with Gasteiger partial charge < -0.3 is 10.6 Å². The van der Waals surface area contributed by atoms with E-state index in [9.17, 15) is 9.18 Å². The average molecular weight is 390 g/mol. The third-order valence-electron chi connectivity index (χ3n) is 5.17. The summed E-state index contributed by atoms with van der Waals surface area (Å²) < 4.78 is 13.0. The van der Waals surface area contributed by atoms with Crippen LogP contribution < -0.4 is 10.6 Å². The van der Waals surface area contributed by atoms with E-state index in [1.165, 1.54) is 56.4 Å². The fourth-order valence-electron chi connectivity index (χ4n) is 3.58. The highest BCUT2D eigenvalue weighted by Gasteiger charge is 2.14. The Balaban J connectivity index is 1.43. The molecule has 1 aliphatic carbocycles. The summed E-state index contributed by atoms with van der Waals surface area (Å²) in [7, 11) is 0. The zero-order valence-electron chi connectivity index (χ0n) is 16.1. The van der Waals surface area contributed by atoms with E-state index in [1.807, 2.05) is 18.2 Å². The zero-order valence-corrected chi connectivity index (χ0v) is 16.1. The van der Waals surface area contributed by atoms with Crippen LogP contribution in [0.5, 0.6) is 0 Å². The summed E-state index contributed by atoms with van der Waals surface area (Å²) in [6.07, 6.45) is 7.76. The van der Waals surface area contributed by atoms with Crippen molar-refractivity contribution in [3.8, 4) is 11.3 Å². The normalized spacial score (nSPS) is 14.4. The number of halogens is 1. The molecule has 1 aromatic heterocycles. The second-order valence-electron chi connectivity index (χ2n) is 7.31. The lowest BCUT2D eigenvalue weighted by Crippen LogP contribution is -2.22. The molecule has 0 radical (unpaired) electrons. The summed E-state index contributed by atoms with van der Waals surface area (Å²) in [6.45, 7) is 0. The van der Waals surface area contributed by atoms with Gasteiger partial charge >= 0.3 is 0 Å². The van der Waals surface area contributed by atoms with E-state index >= 15 is 0 Å². The van der Waals surface area contributed by atoms with Crippen molar-refractivity contribution >= 4 is 17.4 Å². The van der Waals surface area contributed by atoms with Crippen LogP contribution in [0.3, 0.4) is 0 Å². The number of carbonyl (C=O) groups excluding carboxylic acids is 1. The number of aromatic nitrogens is 2. The molecular weight excluding hydrogens is 367 g/mol. The van der Waals surface area contributed by atoms with Crippen LogP contribution in [0.1, 0.15) is 42.5 Å². The van der Waals surface area contributed by atoms with Crippen LogP contribution in [0.25, 0.3) is 11.3 Å². The highest BCUT2D eigenvalue weighted by molar-refractivity contribution is 6.04. The van der Waals surface area contributed by atoms with Gasteiger partial charge in [0.05, 0.1) is 5.69 Å². The smallest absolute Gasteiger partial charge is 0.255 e. The van der Waals surface area contributed by atoms with Gasteiger partial charge in [0, 0.05) is 28.9 Å². The maximum absolute atomic E-state index is 13.0. The van der Waals surface area contributed by atoms with Gasteiger partial charge in [-0.25, -0.2) is 14.4 Å². The summed E-state index contributed by atoms with van der Waals surface area (Å²) in [5, 5.41) is 6.27. The number of hydrogen-bond acceptors (Lipinski definition) is 4. The van der Waals surface area contributed by atoms with Crippen molar-refractivity contribution in [3.63, 3.8) is 0 Å². The Bertz CT molecular complexity index is 967. The molecule has 0 aliphatic heterocycles. The van der Waals surface area contributed by atoms with Crippen LogP contribution in [0, 0.1) is 5.82 Å². The molecule has 6 heteroatoms. The van der Waals surface area contributed by atoms with Crippen molar-refractivity contribution in [1.29, 1.82) is 0 Å². The fourth-order valence-corrected chi connectivity index (χ4v) is 3.58. The molecule has 1 aliphatic rings. The lowest BCUT2D eigenvalue weighted by atomic mass is 9.95. The number of carbonyl (C=O) groups is 1. The maximum atomic E-state index is 13.0. The van der Waals surface area contributed by atoms with Crippen LogP contribution in [-0.2, 0) is 0 Å². The van der Waals surface area contributed by atoms with Crippen LogP contribution in [0.15, 0.2) is 60.9 Å². The third kappa shape index (κ3) is 4.96. The molecule has 1 fully saturated rings. The monoisotopic (exact) mass is 390 g/mol. The molecule has 1 saturated carbocycles. The summed E-state index contributed by atoms with van der Waals surface area (Å²) in [4.78, 5) is 21.1. The van der Waals surface area contributed by atoms with E-state index in [4.69, 9.17) is 0 Å². The number of amides is 1. The lowest BCUT2D eigenvalue weighted by molar-refractivity contribution is 0.102. The van der Waals surface area contributed by atoms with Gasteiger partial charge in [0.25, 0.3) is 5.91 Å². The molecule has 2 N–H and O–H groups in total. The molecular formula is C23H23FN4O. The number of rotatable bonds is 5. The highest BCUT2D eigenvalue weighted by Crippen LogP contribution is 2.23. The van der Waals surface area contributed by atoms with E-state index in [2.05, 4.69) is 20.6 Å². The number of nitrogens with one attached hydrogen (secondary N) is 2. The first-order valence-corrected chi connectivity index (χ1v) is 9.93. The minimum atomic E-state index is -0.338. The SMILES string of the molecule is O=C(Nc1ccc(F)cc1)c1ccc(-c2cc(NC3CCCCC3)ncn2)cc1. The molecule has 0 saturated heterocycles. The number of anilines is 2.